The number of likely N-dealkylation sites (N-methyl/N-ethyl adjacent to an activating group) is 2. The van der Waals surface area contributed by atoms with Gasteiger partial charge < -0.3 is 15.0 Å². The van der Waals surface area contributed by atoms with Crippen LogP contribution in [0.4, 0.5) is 0 Å². The molecule has 0 aliphatic rings. The topological polar surface area (TPSA) is 24.5 Å². The van der Waals surface area contributed by atoms with Gasteiger partial charge in [0.05, 0.1) is 12.6 Å². The third-order valence-corrected chi connectivity index (χ3v) is 3.95. The first-order valence-electron chi connectivity index (χ1n) is 7.57. The maximum atomic E-state index is 5.65. The second kappa shape index (κ2) is 7.65. The van der Waals surface area contributed by atoms with E-state index in [4.69, 9.17) is 4.74 Å². The van der Waals surface area contributed by atoms with Crippen molar-refractivity contribution in [2.24, 2.45) is 0 Å². The minimum Gasteiger partial charge on any atom is -0.494 e. The molecule has 1 atom stereocenters. The van der Waals surface area contributed by atoms with Crippen LogP contribution in [0.2, 0.25) is 0 Å². The number of hydrogen-bond donors (Lipinski definition) is 1. The number of nitrogens with one attached hydrogen (secondary N) is 1. The van der Waals surface area contributed by atoms with Crippen LogP contribution in [0.15, 0.2) is 24.3 Å². The van der Waals surface area contributed by atoms with Gasteiger partial charge in [-0.2, -0.15) is 0 Å². The summed E-state index contributed by atoms with van der Waals surface area (Å²) in [6.45, 7) is 10.5. The molecule has 0 radical (unpaired) electrons. The van der Waals surface area contributed by atoms with Gasteiger partial charge in [-0.05, 0) is 58.6 Å². The summed E-state index contributed by atoms with van der Waals surface area (Å²) in [6, 6.07) is 8.78. The Hall–Kier alpha value is -1.06. The smallest absolute Gasteiger partial charge is 0.119 e. The molecule has 0 aliphatic heterocycles. The minimum absolute atomic E-state index is 0.0435. The van der Waals surface area contributed by atoms with Crippen LogP contribution in [0, 0.1) is 0 Å². The van der Waals surface area contributed by atoms with E-state index in [1.807, 2.05) is 0 Å². The van der Waals surface area contributed by atoms with E-state index in [0.717, 1.165) is 25.3 Å². The lowest BCUT2D eigenvalue weighted by molar-refractivity contribution is 0.139. The van der Waals surface area contributed by atoms with Crippen LogP contribution in [0.5, 0.6) is 5.75 Å². The zero-order valence-electron chi connectivity index (χ0n) is 13.9. The molecular weight excluding hydrogens is 248 g/mol. The first-order valence-corrected chi connectivity index (χ1v) is 7.57. The number of hydrogen-bond acceptors (Lipinski definition) is 3. The van der Waals surface area contributed by atoms with Crippen LogP contribution in [0.1, 0.15) is 45.7 Å². The van der Waals surface area contributed by atoms with Crippen molar-refractivity contribution < 1.29 is 4.74 Å². The summed E-state index contributed by atoms with van der Waals surface area (Å²) in [6.07, 6.45) is 1.04. The molecule has 1 rings (SSSR count). The zero-order valence-corrected chi connectivity index (χ0v) is 13.9. The molecule has 3 nitrogen and oxygen atoms in total. The summed E-state index contributed by atoms with van der Waals surface area (Å²) >= 11 is 0. The van der Waals surface area contributed by atoms with E-state index in [2.05, 4.69) is 76.3 Å². The van der Waals surface area contributed by atoms with Gasteiger partial charge >= 0.3 is 0 Å². The summed E-state index contributed by atoms with van der Waals surface area (Å²) in [7, 11) is 4.26. The Bertz CT molecular complexity index is 384. The van der Waals surface area contributed by atoms with Crippen LogP contribution < -0.4 is 10.1 Å². The minimum atomic E-state index is 0.0435. The van der Waals surface area contributed by atoms with Crippen LogP contribution >= 0.6 is 0 Å². The molecule has 0 spiro atoms. The van der Waals surface area contributed by atoms with Gasteiger partial charge in [0, 0.05) is 5.54 Å². The zero-order chi connectivity index (χ0) is 15.2. The SMILES string of the molecule is CCCOc1ccc(C(NCC)C(C)(C)N(C)C)cc1. The lowest BCUT2D eigenvalue weighted by Gasteiger charge is -2.41. The highest BCUT2D eigenvalue weighted by Gasteiger charge is 2.32. The van der Waals surface area contributed by atoms with E-state index in [1.54, 1.807) is 0 Å². The van der Waals surface area contributed by atoms with Crippen LogP contribution in [-0.4, -0.2) is 37.7 Å². The maximum absolute atomic E-state index is 5.65. The Morgan fingerprint density at radius 1 is 1.15 bits per heavy atom. The number of rotatable bonds is 8. The molecule has 0 aromatic heterocycles. The fraction of sp³-hybridized carbons (Fsp3) is 0.647. The van der Waals surface area contributed by atoms with Gasteiger partial charge in [0.1, 0.15) is 5.75 Å². The van der Waals surface area contributed by atoms with Crippen molar-refractivity contribution in [3.05, 3.63) is 29.8 Å². The van der Waals surface area contributed by atoms with Gasteiger partial charge in [-0.15, -0.1) is 0 Å². The fourth-order valence-electron chi connectivity index (χ4n) is 2.21. The normalized spacial score (nSPS) is 13.6. The largest absolute Gasteiger partial charge is 0.494 e. The van der Waals surface area contributed by atoms with Gasteiger partial charge in [-0.25, -0.2) is 0 Å². The quantitative estimate of drug-likeness (QED) is 0.788. The maximum Gasteiger partial charge on any atom is 0.119 e. The van der Waals surface area contributed by atoms with Gasteiger partial charge in [-0.1, -0.05) is 26.0 Å². The van der Waals surface area contributed by atoms with Gasteiger partial charge in [0.25, 0.3) is 0 Å². The van der Waals surface area contributed by atoms with E-state index in [9.17, 15) is 0 Å². The molecular formula is C17H30N2O. The summed E-state index contributed by atoms with van der Waals surface area (Å²) in [4.78, 5) is 2.27. The van der Waals surface area contributed by atoms with E-state index >= 15 is 0 Å². The number of nitrogens with zero attached hydrogens (tertiary/aromatic N) is 1. The average Bonchev–Trinajstić information content (AvgIpc) is 2.43. The summed E-state index contributed by atoms with van der Waals surface area (Å²) < 4.78 is 5.65. The molecule has 3 heteroatoms. The van der Waals surface area contributed by atoms with E-state index in [-0.39, 0.29) is 5.54 Å². The van der Waals surface area contributed by atoms with Crippen LogP contribution in [-0.2, 0) is 0 Å². The Morgan fingerprint density at radius 2 is 1.75 bits per heavy atom. The summed E-state index contributed by atoms with van der Waals surface area (Å²) in [5, 5.41) is 3.60. The summed E-state index contributed by atoms with van der Waals surface area (Å²) in [5.41, 5.74) is 1.34. The molecule has 0 saturated carbocycles. The Morgan fingerprint density at radius 3 is 2.20 bits per heavy atom. The van der Waals surface area contributed by atoms with Gasteiger partial charge in [-0.3, -0.25) is 0 Å². The van der Waals surface area contributed by atoms with Crippen molar-refractivity contribution in [1.82, 2.24) is 10.2 Å². The third-order valence-electron chi connectivity index (χ3n) is 3.95. The van der Waals surface area contributed by atoms with Gasteiger partial charge in [0.2, 0.25) is 0 Å². The summed E-state index contributed by atoms with van der Waals surface area (Å²) in [5.74, 6) is 0.952. The highest BCUT2D eigenvalue weighted by Crippen LogP contribution is 2.30. The molecule has 0 bridgehead atoms. The standard InChI is InChI=1S/C17H30N2O/c1-7-13-20-15-11-9-14(10-12-15)16(18-8-2)17(3,4)19(5)6/h9-12,16,18H,7-8,13H2,1-6H3. The molecule has 0 saturated heterocycles. The van der Waals surface area contributed by atoms with Crippen LogP contribution in [0.3, 0.4) is 0 Å². The Balaban J connectivity index is 2.92. The van der Waals surface area contributed by atoms with Crippen molar-refractivity contribution in [3.63, 3.8) is 0 Å². The molecule has 0 amide bonds. The highest BCUT2D eigenvalue weighted by molar-refractivity contribution is 5.31. The lowest BCUT2D eigenvalue weighted by Crippen LogP contribution is -2.49. The molecule has 1 unspecified atom stereocenters. The molecule has 0 fully saturated rings. The van der Waals surface area contributed by atoms with Crippen molar-refractivity contribution >= 4 is 0 Å². The molecule has 0 aliphatic carbocycles. The molecule has 1 aromatic carbocycles. The van der Waals surface area contributed by atoms with Crippen molar-refractivity contribution in [2.45, 2.75) is 45.7 Å². The molecule has 20 heavy (non-hydrogen) atoms. The van der Waals surface area contributed by atoms with Crippen molar-refractivity contribution in [3.8, 4) is 5.75 Å². The average molecular weight is 278 g/mol. The Labute approximate surface area is 124 Å². The van der Waals surface area contributed by atoms with E-state index < -0.39 is 0 Å². The fourth-order valence-corrected chi connectivity index (χ4v) is 2.21. The third kappa shape index (κ3) is 4.22. The van der Waals surface area contributed by atoms with Crippen molar-refractivity contribution in [1.29, 1.82) is 0 Å². The molecule has 1 aromatic rings. The van der Waals surface area contributed by atoms with E-state index in [1.165, 1.54) is 5.56 Å². The van der Waals surface area contributed by atoms with Gasteiger partial charge in [0.15, 0.2) is 0 Å². The predicted molar refractivity (Wildman–Crippen MR) is 86.4 cm³/mol. The molecule has 0 heterocycles. The first kappa shape index (κ1) is 17.0. The van der Waals surface area contributed by atoms with Crippen LogP contribution in [0.25, 0.3) is 0 Å². The Kier molecular flexibility index (Phi) is 6.50. The lowest BCUT2D eigenvalue weighted by atomic mass is 9.87. The first-order chi connectivity index (χ1) is 9.43. The molecule has 1 N–H and O–H groups in total. The number of ether oxygens (including phenoxy) is 1. The highest BCUT2D eigenvalue weighted by atomic mass is 16.5. The monoisotopic (exact) mass is 278 g/mol. The second-order valence-electron chi connectivity index (χ2n) is 5.96. The predicted octanol–water partition coefficient (Wildman–Crippen LogP) is 3.47. The molecule has 114 valence electrons. The van der Waals surface area contributed by atoms with E-state index in [0.29, 0.717) is 6.04 Å². The number of benzene rings is 1. The second-order valence-corrected chi connectivity index (χ2v) is 5.96. The van der Waals surface area contributed by atoms with Crippen molar-refractivity contribution in [2.75, 3.05) is 27.2 Å².